The van der Waals surface area contributed by atoms with Gasteiger partial charge in [0.15, 0.2) is 5.60 Å². The number of ether oxygens (including phenoxy) is 2. The fourth-order valence-corrected chi connectivity index (χ4v) is 9.70. The number of hydrogen-bond donors (Lipinski definition) is 0. The SMILES string of the molecule is [2H]C1([2H])c2cc(C)c(C)nc2[C@@]2(C)N=C(c3cc(Oc4cc5c(cc4C)C(C)(C)c4cc(C(C)(C)C)cc6c7cc(C)cnc7n-5c46)cc(C(C)(C)C)c3)O[C@@]12C(C)(C)C. The molecule has 2 aliphatic heterocycles. The summed E-state index contributed by atoms with van der Waals surface area (Å²) in [6.07, 6.45) is 0.0870. The van der Waals surface area contributed by atoms with Crippen LogP contribution in [0.4, 0.5) is 0 Å². The van der Waals surface area contributed by atoms with Gasteiger partial charge in [-0.05, 0) is 126 Å². The molecule has 0 N–H and O–H groups in total. The highest BCUT2D eigenvalue weighted by atomic mass is 16.5. The molecule has 58 heavy (non-hydrogen) atoms. The third-order valence-corrected chi connectivity index (χ3v) is 13.4. The number of pyridine rings is 2. The van der Waals surface area contributed by atoms with Gasteiger partial charge in [-0.2, -0.15) is 0 Å². The van der Waals surface area contributed by atoms with Crippen molar-refractivity contribution in [2.24, 2.45) is 10.4 Å². The Labute approximate surface area is 347 Å². The van der Waals surface area contributed by atoms with Gasteiger partial charge in [-0.3, -0.25) is 9.55 Å². The first kappa shape index (κ1) is 36.1. The summed E-state index contributed by atoms with van der Waals surface area (Å²) in [5, 5.41) is 2.38. The van der Waals surface area contributed by atoms with Gasteiger partial charge in [0.25, 0.3) is 0 Å². The molecular weight excluding hydrogens is 713 g/mol. The second kappa shape index (κ2) is 11.8. The molecule has 6 nitrogen and oxygen atoms in total. The monoisotopic (exact) mass is 774 g/mol. The van der Waals surface area contributed by atoms with Crippen LogP contribution in [0.25, 0.3) is 27.6 Å². The van der Waals surface area contributed by atoms with E-state index < -0.39 is 22.9 Å². The molecule has 0 amide bonds. The first-order valence-electron chi connectivity index (χ1n) is 21.8. The van der Waals surface area contributed by atoms with Crippen molar-refractivity contribution in [1.82, 2.24) is 14.5 Å². The van der Waals surface area contributed by atoms with Gasteiger partial charge in [0, 0.05) is 54.2 Å². The highest BCUT2D eigenvalue weighted by molar-refractivity contribution is 6.11. The average Bonchev–Trinajstić information content (AvgIpc) is 3.69. The summed E-state index contributed by atoms with van der Waals surface area (Å²) < 4.78 is 36.0. The Bertz CT molecular complexity index is 2900. The fourth-order valence-electron chi connectivity index (χ4n) is 9.70. The Morgan fingerprint density at radius 1 is 0.759 bits per heavy atom. The fraction of sp³-hybridized carbons (Fsp3) is 0.442. The van der Waals surface area contributed by atoms with Gasteiger partial charge in [-0.25, -0.2) is 9.98 Å². The van der Waals surface area contributed by atoms with E-state index in [1.165, 1.54) is 27.6 Å². The van der Waals surface area contributed by atoms with Crippen LogP contribution in [0.15, 0.2) is 65.8 Å². The van der Waals surface area contributed by atoms with Crippen LogP contribution < -0.4 is 4.74 Å². The van der Waals surface area contributed by atoms with Crippen molar-refractivity contribution in [3.8, 4) is 17.2 Å². The number of aromatic nitrogens is 3. The minimum absolute atomic E-state index is 0.0230. The lowest BCUT2D eigenvalue weighted by molar-refractivity contribution is -0.0681. The van der Waals surface area contributed by atoms with Crippen LogP contribution >= 0.6 is 0 Å². The van der Waals surface area contributed by atoms with E-state index in [0.29, 0.717) is 22.9 Å². The van der Waals surface area contributed by atoms with Crippen molar-refractivity contribution < 1.29 is 12.2 Å². The van der Waals surface area contributed by atoms with Crippen molar-refractivity contribution in [3.63, 3.8) is 0 Å². The highest BCUT2D eigenvalue weighted by Gasteiger charge is 2.67. The molecule has 5 heterocycles. The van der Waals surface area contributed by atoms with Crippen LogP contribution in [-0.4, -0.2) is 26.0 Å². The summed E-state index contributed by atoms with van der Waals surface area (Å²) in [4.78, 5) is 15.5. The number of hydrogen-bond acceptors (Lipinski definition) is 5. The van der Waals surface area contributed by atoms with Gasteiger partial charge < -0.3 is 9.47 Å². The van der Waals surface area contributed by atoms with Gasteiger partial charge in [0.2, 0.25) is 5.90 Å². The first-order chi connectivity index (χ1) is 27.6. The molecule has 6 heteroatoms. The third-order valence-electron chi connectivity index (χ3n) is 13.4. The van der Waals surface area contributed by atoms with E-state index >= 15 is 0 Å². The molecule has 3 aliphatic rings. The second-order valence-electron chi connectivity index (χ2n) is 21.2. The quantitative estimate of drug-likeness (QED) is 0.180. The summed E-state index contributed by atoms with van der Waals surface area (Å²) in [7, 11) is 0. The number of benzene rings is 3. The zero-order valence-corrected chi connectivity index (χ0v) is 37.4. The van der Waals surface area contributed by atoms with Crippen molar-refractivity contribution in [2.45, 2.75) is 145 Å². The zero-order chi connectivity index (χ0) is 43.7. The molecule has 6 aromatic rings. The van der Waals surface area contributed by atoms with Gasteiger partial charge in [-0.15, -0.1) is 0 Å². The molecule has 0 fully saturated rings. The summed E-state index contributed by atoms with van der Waals surface area (Å²) in [6, 6.07) is 19.7. The van der Waals surface area contributed by atoms with Crippen molar-refractivity contribution in [3.05, 3.63) is 122 Å². The average molecular weight is 775 g/mol. The minimum atomic E-state index is -1.88. The standard InChI is InChI=1S/C52H60N4O2/c1-28-17-38-37-23-35(48(8,9)10)24-40-43(37)56(45(38)53-27-28)41-25-42(30(3)19-39(41)50(40,14)15)57-36-21-32(20-34(22-36)47(5,6)7)46-55-51(16)44-33(18-29(2)31(4)54-44)26-52(51,58-46)49(11,12)13/h17-25,27H,26H2,1-16H3/t51-,52-/m1/s1/i26D2. The Kier molecular flexibility index (Phi) is 7.37. The first-order valence-corrected chi connectivity index (χ1v) is 20.8. The molecule has 0 spiro atoms. The van der Waals surface area contributed by atoms with E-state index in [-0.39, 0.29) is 16.2 Å². The summed E-state index contributed by atoms with van der Waals surface area (Å²) in [6.45, 7) is 34.5. The number of aryl methyl sites for hydroxylation is 4. The molecule has 0 saturated heterocycles. The van der Waals surface area contributed by atoms with Gasteiger partial charge in [0.05, 0.1) is 16.9 Å². The van der Waals surface area contributed by atoms with Crippen LogP contribution in [0.2, 0.25) is 0 Å². The number of fused-ring (bicyclic) bond motifs is 8. The molecule has 0 unspecified atom stereocenters. The molecule has 3 aromatic heterocycles. The summed E-state index contributed by atoms with van der Waals surface area (Å²) >= 11 is 0. The molecular formula is C52H60N4O2. The second-order valence-corrected chi connectivity index (χ2v) is 21.2. The highest BCUT2D eigenvalue weighted by Crippen LogP contribution is 2.60. The van der Waals surface area contributed by atoms with Crippen molar-refractivity contribution in [2.75, 3.05) is 0 Å². The lowest BCUT2D eigenvalue weighted by atomic mass is 9.67. The van der Waals surface area contributed by atoms with Crippen LogP contribution in [0.5, 0.6) is 11.5 Å². The van der Waals surface area contributed by atoms with E-state index in [0.717, 1.165) is 56.0 Å². The number of rotatable bonds is 3. The van der Waals surface area contributed by atoms with Crippen LogP contribution in [-0.2, 0) is 32.9 Å². The predicted octanol–water partition coefficient (Wildman–Crippen LogP) is 12.9. The summed E-state index contributed by atoms with van der Waals surface area (Å²) in [5.74, 6) is 1.81. The molecule has 0 radical (unpaired) electrons. The molecule has 0 bridgehead atoms. The van der Waals surface area contributed by atoms with Gasteiger partial charge in [-0.1, -0.05) is 88.3 Å². The van der Waals surface area contributed by atoms with Crippen LogP contribution in [0.3, 0.4) is 0 Å². The smallest absolute Gasteiger partial charge is 0.217 e. The Morgan fingerprint density at radius 3 is 2.12 bits per heavy atom. The maximum atomic E-state index is 9.77. The van der Waals surface area contributed by atoms with Gasteiger partial charge in [0.1, 0.15) is 22.7 Å². The zero-order valence-electron chi connectivity index (χ0n) is 39.4. The number of aliphatic imine (C=N–C) groups is 1. The Hall–Kier alpha value is -4.97. The minimum Gasteiger partial charge on any atom is -0.467 e. The maximum absolute atomic E-state index is 9.77. The van der Waals surface area contributed by atoms with E-state index in [1.807, 2.05) is 59.9 Å². The lowest BCUT2D eigenvalue weighted by Crippen LogP contribution is -2.54. The molecule has 300 valence electrons. The van der Waals surface area contributed by atoms with E-state index in [4.69, 9.17) is 24.4 Å². The topological polar surface area (TPSA) is 61.5 Å². The molecule has 9 rings (SSSR count). The lowest BCUT2D eigenvalue weighted by Gasteiger charge is -2.45. The van der Waals surface area contributed by atoms with Gasteiger partial charge >= 0.3 is 0 Å². The maximum Gasteiger partial charge on any atom is 0.217 e. The third kappa shape index (κ3) is 5.31. The predicted molar refractivity (Wildman–Crippen MR) is 239 cm³/mol. The van der Waals surface area contributed by atoms with E-state index in [2.05, 4.69) is 116 Å². The van der Waals surface area contributed by atoms with E-state index in [9.17, 15) is 2.74 Å². The van der Waals surface area contributed by atoms with E-state index in [1.54, 1.807) is 0 Å². The molecule has 2 atom stereocenters. The molecule has 0 saturated carbocycles. The van der Waals surface area contributed by atoms with Crippen LogP contribution in [0, 0.1) is 33.1 Å². The number of nitrogens with zero attached hydrogens (tertiary/aromatic N) is 4. The molecule has 1 aliphatic carbocycles. The van der Waals surface area contributed by atoms with Crippen LogP contribution in [0.1, 0.15) is 147 Å². The normalized spacial score (nSPS) is 22.2. The Morgan fingerprint density at radius 2 is 1.45 bits per heavy atom. The summed E-state index contributed by atoms with van der Waals surface area (Å²) in [5.41, 5.74) is 10.4. The van der Waals surface area contributed by atoms with Crippen molar-refractivity contribution in [1.29, 1.82) is 0 Å². The largest absolute Gasteiger partial charge is 0.467 e. The van der Waals surface area contributed by atoms with Crippen molar-refractivity contribution >= 4 is 27.8 Å². The Balaban J connectivity index is 1.22. The molecule has 3 aromatic carbocycles.